The van der Waals surface area contributed by atoms with Gasteiger partial charge in [0.25, 0.3) is 5.91 Å². The number of anilines is 1. The molecule has 2 aromatic carbocycles. The van der Waals surface area contributed by atoms with E-state index < -0.39 is 0 Å². The fraction of sp³-hybridized carbons (Fsp3) is 0.304. The highest BCUT2D eigenvalue weighted by atomic mass is 79.9. The Bertz CT molecular complexity index is 967. The summed E-state index contributed by atoms with van der Waals surface area (Å²) in [5, 5.41) is 9.95. The van der Waals surface area contributed by atoms with E-state index in [9.17, 15) is 4.79 Å². The first-order chi connectivity index (χ1) is 14.7. The number of ether oxygens (including phenoxy) is 1. The highest BCUT2D eigenvalue weighted by Crippen LogP contribution is 2.34. The van der Waals surface area contributed by atoms with Gasteiger partial charge < -0.3 is 10.1 Å². The first-order valence-electron chi connectivity index (χ1n) is 10.3. The lowest BCUT2D eigenvalue weighted by Gasteiger charge is -2.26. The molecule has 0 spiro atoms. The zero-order valence-electron chi connectivity index (χ0n) is 16.7. The molecule has 1 aliphatic heterocycles. The molecule has 0 saturated carbocycles. The third kappa shape index (κ3) is 5.09. The Labute approximate surface area is 184 Å². The van der Waals surface area contributed by atoms with Crippen molar-refractivity contribution in [3.8, 4) is 17.0 Å². The van der Waals surface area contributed by atoms with Gasteiger partial charge in [0.15, 0.2) is 0 Å². The van der Waals surface area contributed by atoms with E-state index in [0.717, 1.165) is 28.0 Å². The van der Waals surface area contributed by atoms with E-state index in [4.69, 9.17) is 4.74 Å². The molecule has 0 atom stereocenters. The number of carbonyl (C=O) groups is 1. The van der Waals surface area contributed by atoms with Gasteiger partial charge in [0.1, 0.15) is 12.4 Å². The zero-order chi connectivity index (χ0) is 20.8. The molecule has 1 aromatic heterocycles. The van der Waals surface area contributed by atoms with Crippen molar-refractivity contribution in [2.24, 2.45) is 0 Å². The van der Waals surface area contributed by atoms with Crippen molar-refractivity contribution in [3.05, 3.63) is 64.8 Å². The molecule has 2 heterocycles. The lowest BCUT2D eigenvalue weighted by Crippen LogP contribution is -2.33. The van der Waals surface area contributed by atoms with Gasteiger partial charge in [-0.25, -0.2) is 0 Å². The summed E-state index contributed by atoms with van der Waals surface area (Å²) in [6.45, 7) is 3.94. The minimum absolute atomic E-state index is 0.172. The normalized spacial score (nSPS) is 14.4. The van der Waals surface area contributed by atoms with Crippen molar-refractivity contribution in [2.45, 2.75) is 19.3 Å². The van der Waals surface area contributed by atoms with Crippen LogP contribution in [0.2, 0.25) is 0 Å². The van der Waals surface area contributed by atoms with Gasteiger partial charge in [-0.15, -0.1) is 0 Å². The van der Waals surface area contributed by atoms with Gasteiger partial charge in [0.05, 0.1) is 11.4 Å². The van der Waals surface area contributed by atoms with Crippen LogP contribution in [-0.4, -0.2) is 47.2 Å². The summed E-state index contributed by atoms with van der Waals surface area (Å²) in [7, 11) is 0. The SMILES string of the molecule is O=C(Nc1cccc(Br)c1-c1ccn[nH]1)c1ccc(OCCN2CCCCC2)cc1. The summed E-state index contributed by atoms with van der Waals surface area (Å²) in [4.78, 5) is 15.2. The number of H-pyrrole nitrogens is 1. The molecule has 30 heavy (non-hydrogen) atoms. The van der Waals surface area contributed by atoms with Crippen molar-refractivity contribution in [2.75, 3.05) is 31.6 Å². The van der Waals surface area contributed by atoms with Crippen LogP contribution in [0.1, 0.15) is 29.6 Å². The molecule has 1 aliphatic rings. The van der Waals surface area contributed by atoms with Gasteiger partial charge in [0, 0.05) is 28.3 Å². The molecule has 0 aliphatic carbocycles. The molecule has 7 heteroatoms. The summed E-state index contributed by atoms with van der Waals surface area (Å²) in [5.74, 6) is 0.609. The maximum Gasteiger partial charge on any atom is 0.255 e. The molecule has 156 valence electrons. The van der Waals surface area contributed by atoms with E-state index in [-0.39, 0.29) is 5.91 Å². The van der Waals surface area contributed by atoms with Crippen LogP contribution in [-0.2, 0) is 0 Å². The molecule has 3 aromatic rings. The van der Waals surface area contributed by atoms with Gasteiger partial charge in [-0.3, -0.25) is 14.8 Å². The number of piperidine rings is 1. The molecule has 2 N–H and O–H groups in total. The molecular formula is C23H25BrN4O2. The first-order valence-corrected chi connectivity index (χ1v) is 11.0. The number of hydrogen-bond donors (Lipinski definition) is 2. The Kier molecular flexibility index (Phi) is 6.81. The van der Waals surface area contributed by atoms with Crippen LogP contribution in [0.5, 0.6) is 5.75 Å². The number of amides is 1. The maximum atomic E-state index is 12.8. The Morgan fingerprint density at radius 3 is 2.63 bits per heavy atom. The number of likely N-dealkylation sites (tertiary alicyclic amines) is 1. The third-order valence-corrected chi connectivity index (χ3v) is 5.93. The van der Waals surface area contributed by atoms with Crippen molar-refractivity contribution in [1.29, 1.82) is 0 Å². The van der Waals surface area contributed by atoms with Crippen LogP contribution in [0.4, 0.5) is 5.69 Å². The Hall–Kier alpha value is -2.64. The summed E-state index contributed by atoms with van der Waals surface area (Å²) >= 11 is 3.56. The maximum absolute atomic E-state index is 12.8. The highest BCUT2D eigenvalue weighted by Gasteiger charge is 2.14. The van der Waals surface area contributed by atoms with E-state index in [2.05, 4.69) is 36.3 Å². The second kappa shape index (κ2) is 9.91. The third-order valence-electron chi connectivity index (χ3n) is 5.27. The molecule has 1 saturated heterocycles. The van der Waals surface area contributed by atoms with Gasteiger partial charge in [-0.1, -0.05) is 28.4 Å². The van der Waals surface area contributed by atoms with Crippen LogP contribution >= 0.6 is 15.9 Å². The quantitative estimate of drug-likeness (QED) is 0.514. The summed E-state index contributed by atoms with van der Waals surface area (Å²) in [6, 6.07) is 14.8. The van der Waals surface area contributed by atoms with E-state index in [1.807, 2.05) is 36.4 Å². The molecule has 0 bridgehead atoms. The van der Waals surface area contributed by atoms with E-state index in [1.165, 1.54) is 32.4 Å². The number of rotatable bonds is 7. The van der Waals surface area contributed by atoms with Gasteiger partial charge >= 0.3 is 0 Å². The van der Waals surface area contributed by atoms with Crippen molar-refractivity contribution < 1.29 is 9.53 Å². The summed E-state index contributed by atoms with van der Waals surface area (Å²) in [6.07, 6.45) is 5.59. The van der Waals surface area contributed by atoms with E-state index in [1.54, 1.807) is 18.3 Å². The number of benzene rings is 2. The number of aromatic amines is 1. The van der Waals surface area contributed by atoms with Crippen LogP contribution in [0, 0.1) is 0 Å². The van der Waals surface area contributed by atoms with Gasteiger partial charge in [-0.2, -0.15) is 5.10 Å². The topological polar surface area (TPSA) is 70.2 Å². The van der Waals surface area contributed by atoms with Crippen molar-refractivity contribution >= 4 is 27.5 Å². The number of aromatic nitrogens is 2. The average molecular weight is 469 g/mol. The first kappa shape index (κ1) is 20.6. The average Bonchev–Trinajstić information content (AvgIpc) is 3.29. The lowest BCUT2D eigenvalue weighted by atomic mass is 10.1. The van der Waals surface area contributed by atoms with E-state index >= 15 is 0 Å². The zero-order valence-corrected chi connectivity index (χ0v) is 18.3. The van der Waals surface area contributed by atoms with Gasteiger partial charge in [-0.05, 0) is 68.4 Å². The second-order valence-electron chi connectivity index (χ2n) is 7.36. The van der Waals surface area contributed by atoms with Gasteiger partial charge in [0.2, 0.25) is 0 Å². The molecule has 1 amide bonds. The fourth-order valence-electron chi connectivity index (χ4n) is 3.67. The lowest BCUT2D eigenvalue weighted by molar-refractivity contribution is 0.102. The largest absolute Gasteiger partial charge is 0.492 e. The van der Waals surface area contributed by atoms with E-state index in [0.29, 0.717) is 17.9 Å². The number of nitrogens with zero attached hydrogens (tertiary/aromatic N) is 2. The number of halogens is 1. The predicted octanol–water partition coefficient (Wildman–Crippen LogP) is 4.96. The number of carbonyl (C=O) groups excluding carboxylic acids is 1. The van der Waals surface area contributed by atoms with Crippen LogP contribution in [0.3, 0.4) is 0 Å². The van der Waals surface area contributed by atoms with Crippen molar-refractivity contribution in [1.82, 2.24) is 15.1 Å². The molecule has 0 unspecified atom stereocenters. The smallest absolute Gasteiger partial charge is 0.255 e. The Balaban J connectivity index is 1.37. The number of nitrogens with one attached hydrogen (secondary N) is 2. The Morgan fingerprint density at radius 1 is 1.10 bits per heavy atom. The summed E-state index contributed by atoms with van der Waals surface area (Å²) < 4.78 is 6.73. The second-order valence-corrected chi connectivity index (χ2v) is 8.22. The van der Waals surface area contributed by atoms with Crippen LogP contribution in [0.25, 0.3) is 11.3 Å². The highest BCUT2D eigenvalue weighted by molar-refractivity contribution is 9.10. The minimum Gasteiger partial charge on any atom is -0.492 e. The molecule has 1 fully saturated rings. The molecule has 0 radical (unpaired) electrons. The fourth-order valence-corrected chi connectivity index (χ4v) is 4.25. The minimum atomic E-state index is -0.172. The van der Waals surface area contributed by atoms with Crippen LogP contribution < -0.4 is 10.1 Å². The standard InChI is InChI=1S/C23H25BrN4O2/c24-19-5-4-6-20(22(19)21-11-12-25-27-21)26-23(29)17-7-9-18(10-8-17)30-16-15-28-13-2-1-3-14-28/h4-12H,1-3,13-16H2,(H,25,27)(H,26,29). The molecular weight excluding hydrogens is 444 g/mol. The Morgan fingerprint density at radius 2 is 1.90 bits per heavy atom. The van der Waals surface area contributed by atoms with Crippen molar-refractivity contribution in [3.63, 3.8) is 0 Å². The predicted molar refractivity (Wildman–Crippen MR) is 122 cm³/mol. The molecule has 6 nitrogen and oxygen atoms in total. The summed E-state index contributed by atoms with van der Waals surface area (Å²) in [5.41, 5.74) is 2.98. The molecule has 4 rings (SSSR count). The number of hydrogen-bond acceptors (Lipinski definition) is 4. The monoisotopic (exact) mass is 468 g/mol. The van der Waals surface area contributed by atoms with Crippen LogP contribution in [0.15, 0.2) is 59.2 Å².